The highest BCUT2D eigenvalue weighted by Gasteiger charge is 2.33. The maximum absolute atomic E-state index is 12.6. The molecule has 0 aromatic rings. The third-order valence-electron chi connectivity index (χ3n) is 4.71. The van der Waals surface area contributed by atoms with Crippen LogP contribution in [0.2, 0.25) is 0 Å². The monoisotopic (exact) mass is 522 g/mol. The number of aliphatic carboxylic acids is 1. The topological polar surface area (TPSA) is 290 Å². The number of nitrogens with two attached hydrogens (primary N) is 1. The van der Waals surface area contributed by atoms with Crippen molar-refractivity contribution in [3.05, 3.63) is 0 Å². The molecule has 7 atom stereocenters. The molecule has 0 aromatic heterocycles. The van der Waals surface area contributed by atoms with Gasteiger partial charge in [-0.05, 0) is 20.8 Å². The third kappa shape index (κ3) is 10.5. The Morgan fingerprint density at radius 1 is 0.639 bits per heavy atom. The Morgan fingerprint density at radius 3 is 1.50 bits per heavy atom. The predicted molar refractivity (Wildman–Crippen MR) is 120 cm³/mol. The van der Waals surface area contributed by atoms with E-state index in [1.165, 1.54) is 13.8 Å². The third-order valence-corrected chi connectivity index (χ3v) is 4.71. The summed E-state index contributed by atoms with van der Waals surface area (Å²) < 4.78 is 0. The standard InChI is InChI=1S/C19H34N6O11/c1-7(14(30)22-8(2)19(35)36)21-16(32)11(5-27)24-18(34)13(9(3)29)25-17(33)12(6-28)23-15(31)10(20)4-26/h7-13,26-29H,4-6,20H2,1-3H3,(H,21,32)(H,22,30)(H,23,31)(H,24,34)(H,25,33)(H,35,36)/t7-,8-,9+,10-,11-,12-,13-/m0/s1. The predicted octanol–water partition coefficient (Wildman–Crippen LogP) is -6.78. The molecule has 206 valence electrons. The highest BCUT2D eigenvalue weighted by atomic mass is 16.4. The number of hydrogen-bond acceptors (Lipinski definition) is 11. The maximum atomic E-state index is 12.6. The number of aliphatic hydroxyl groups is 4. The molecule has 0 aromatic carbocycles. The molecule has 0 spiro atoms. The van der Waals surface area contributed by atoms with Gasteiger partial charge < -0.3 is 57.9 Å². The molecule has 17 nitrogen and oxygen atoms in total. The molecular weight excluding hydrogens is 488 g/mol. The van der Waals surface area contributed by atoms with E-state index in [1.54, 1.807) is 0 Å². The number of aliphatic hydroxyl groups excluding tert-OH is 4. The molecule has 5 amide bonds. The zero-order chi connectivity index (χ0) is 28.2. The van der Waals surface area contributed by atoms with Gasteiger partial charge >= 0.3 is 5.97 Å². The van der Waals surface area contributed by atoms with Gasteiger partial charge in [-0.15, -0.1) is 0 Å². The fraction of sp³-hybridized carbons (Fsp3) is 0.684. The zero-order valence-corrected chi connectivity index (χ0v) is 19.9. The average Bonchev–Trinajstić information content (AvgIpc) is 2.82. The molecule has 0 aliphatic rings. The molecule has 0 fully saturated rings. The molecule has 0 radical (unpaired) electrons. The van der Waals surface area contributed by atoms with E-state index < -0.39 is 97.7 Å². The van der Waals surface area contributed by atoms with Gasteiger partial charge in [-0.3, -0.25) is 28.8 Å². The number of carboxylic acid groups (broad SMARTS) is 1. The van der Waals surface area contributed by atoms with Crippen molar-refractivity contribution >= 4 is 35.5 Å². The summed E-state index contributed by atoms with van der Waals surface area (Å²) in [6.07, 6.45) is -1.55. The minimum Gasteiger partial charge on any atom is -0.480 e. The number of rotatable bonds is 15. The molecule has 17 heteroatoms. The van der Waals surface area contributed by atoms with Crippen LogP contribution in [0.4, 0.5) is 0 Å². The van der Waals surface area contributed by atoms with Gasteiger partial charge in [0.2, 0.25) is 29.5 Å². The number of hydrogen-bond donors (Lipinski definition) is 11. The Balaban J connectivity index is 5.25. The molecule has 0 unspecified atom stereocenters. The summed E-state index contributed by atoms with van der Waals surface area (Å²) in [4.78, 5) is 71.9. The molecule has 0 aliphatic carbocycles. The summed E-state index contributed by atoms with van der Waals surface area (Å²) in [5.74, 6) is -6.43. The number of amides is 5. The molecule has 0 bridgehead atoms. The van der Waals surface area contributed by atoms with Gasteiger partial charge in [0.05, 0.1) is 25.9 Å². The van der Waals surface area contributed by atoms with Crippen molar-refractivity contribution in [2.45, 2.75) is 63.1 Å². The molecule has 0 rings (SSSR count). The summed E-state index contributed by atoms with van der Waals surface area (Å²) in [6.45, 7) is 0.918. The first kappa shape index (κ1) is 32.6. The van der Waals surface area contributed by atoms with Crippen molar-refractivity contribution in [1.82, 2.24) is 26.6 Å². The van der Waals surface area contributed by atoms with E-state index in [1.807, 2.05) is 5.32 Å². The fourth-order valence-electron chi connectivity index (χ4n) is 2.45. The second-order valence-corrected chi connectivity index (χ2v) is 7.80. The molecule has 0 heterocycles. The van der Waals surface area contributed by atoms with E-state index in [2.05, 4.69) is 21.3 Å². The summed E-state index contributed by atoms with van der Waals surface area (Å²) in [5.41, 5.74) is 5.31. The van der Waals surface area contributed by atoms with E-state index in [-0.39, 0.29) is 0 Å². The van der Waals surface area contributed by atoms with E-state index in [0.717, 1.165) is 6.92 Å². The first-order valence-corrected chi connectivity index (χ1v) is 10.7. The Labute approximate surface area is 205 Å². The Bertz CT molecular complexity index is 809. The van der Waals surface area contributed by atoms with Gasteiger partial charge in [-0.2, -0.15) is 0 Å². The van der Waals surface area contributed by atoms with Gasteiger partial charge in [0.1, 0.15) is 36.3 Å². The summed E-state index contributed by atoms with van der Waals surface area (Å²) in [6, 6.07) is -8.84. The first-order valence-electron chi connectivity index (χ1n) is 10.7. The second kappa shape index (κ2) is 15.6. The van der Waals surface area contributed by atoms with Gasteiger partial charge in [-0.1, -0.05) is 0 Å². The zero-order valence-electron chi connectivity index (χ0n) is 19.9. The minimum absolute atomic E-state index is 0.742. The van der Waals surface area contributed by atoms with Gasteiger partial charge in [0.25, 0.3) is 0 Å². The van der Waals surface area contributed by atoms with Crippen LogP contribution in [-0.2, 0) is 28.8 Å². The normalized spacial score (nSPS) is 16.7. The SMILES string of the molecule is C[C@H](NC(=O)[C@H](C)NC(=O)[C@H](CO)NC(=O)[C@@H](NC(=O)[C@H](CO)NC(=O)[C@@H](N)CO)[C@@H](C)O)C(=O)O. The van der Waals surface area contributed by atoms with Gasteiger partial charge in [-0.25, -0.2) is 0 Å². The van der Waals surface area contributed by atoms with Crippen LogP contribution in [-0.4, -0.2) is 123 Å². The summed E-state index contributed by atoms with van der Waals surface area (Å²) in [7, 11) is 0. The summed E-state index contributed by atoms with van der Waals surface area (Å²) >= 11 is 0. The van der Waals surface area contributed by atoms with Crippen LogP contribution in [0.25, 0.3) is 0 Å². The molecule has 36 heavy (non-hydrogen) atoms. The molecule has 0 saturated heterocycles. The Morgan fingerprint density at radius 2 is 1.08 bits per heavy atom. The van der Waals surface area contributed by atoms with E-state index in [0.29, 0.717) is 0 Å². The Hall–Kier alpha value is -3.38. The molecule has 12 N–H and O–H groups in total. The summed E-state index contributed by atoms with van der Waals surface area (Å²) in [5, 5.41) is 57.0. The minimum atomic E-state index is -1.71. The van der Waals surface area contributed by atoms with Crippen LogP contribution in [0.15, 0.2) is 0 Å². The number of carbonyl (C=O) groups excluding carboxylic acids is 5. The maximum Gasteiger partial charge on any atom is 0.325 e. The highest BCUT2D eigenvalue weighted by Crippen LogP contribution is 1.98. The van der Waals surface area contributed by atoms with Gasteiger partial charge in [0.15, 0.2) is 0 Å². The van der Waals surface area contributed by atoms with Crippen molar-refractivity contribution < 1.29 is 54.3 Å². The average molecular weight is 523 g/mol. The number of carboxylic acids is 1. The van der Waals surface area contributed by atoms with E-state index in [4.69, 9.17) is 15.9 Å². The molecule has 0 aliphatic heterocycles. The lowest BCUT2D eigenvalue weighted by Crippen LogP contribution is -2.62. The lowest BCUT2D eigenvalue weighted by atomic mass is 10.1. The van der Waals surface area contributed by atoms with Crippen LogP contribution in [0.5, 0.6) is 0 Å². The van der Waals surface area contributed by atoms with Crippen molar-refractivity contribution in [3.8, 4) is 0 Å². The van der Waals surface area contributed by atoms with Gasteiger partial charge in [0, 0.05) is 0 Å². The fourth-order valence-corrected chi connectivity index (χ4v) is 2.45. The van der Waals surface area contributed by atoms with Crippen molar-refractivity contribution in [3.63, 3.8) is 0 Å². The smallest absolute Gasteiger partial charge is 0.325 e. The highest BCUT2D eigenvalue weighted by molar-refractivity contribution is 5.96. The largest absolute Gasteiger partial charge is 0.480 e. The van der Waals surface area contributed by atoms with Crippen molar-refractivity contribution in [2.75, 3.05) is 19.8 Å². The quantitative estimate of drug-likeness (QED) is 0.0956. The van der Waals surface area contributed by atoms with E-state index >= 15 is 0 Å². The van der Waals surface area contributed by atoms with Crippen molar-refractivity contribution in [2.24, 2.45) is 5.73 Å². The van der Waals surface area contributed by atoms with Crippen LogP contribution in [0, 0.1) is 0 Å². The van der Waals surface area contributed by atoms with Crippen LogP contribution in [0.3, 0.4) is 0 Å². The number of carbonyl (C=O) groups is 6. The lowest BCUT2D eigenvalue weighted by Gasteiger charge is -2.26. The van der Waals surface area contributed by atoms with Crippen molar-refractivity contribution in [1.29, 1.82) is 0 Å². The van der Waals surface area contributed by atoms with Crippen LogP contribution < -0.4 is 32.3 Å². The Kier molecular flexibility index (Phi) is 14.1. The van der Waals surface area contributed by atoms with Crippen LogP contribution >= 0.6 is 0 Å². The molecular formula is C19H34N6O11. The first-order chi connectivity index (χ1) is 16.7. The van der Waals surface area contributed by atoms with E-state index in [9.17, 15) is 44.1 Å². The lowest BCUT2D eigenvalue weighted by molar-refractivity contribution is -0.141. The van der Waals surface area contributed by atoms with Crippen LogP contribution in [0.1, 0.15) is 20.8 Å². The second-order valence-electron chi connectivity index (χ2n) is 7.80. The molecule has 0 saturated carbocycles. The number of nitrogens with one attached hydrogen (secondary N) is 5.